The highest BCUT2D eigenvalue weighted by atomic mass is 19.1. The van der Waals surface area contributed by atoms with Crippen LogP contribution in [-0.2, 0) is 6.42 Å². The zero-order valence-corrected chi connectivity index (χ0v) is 11.2. The molecule has 0 atom stereocenters. The average Bonchev–Trinajstić information content (AvgIpc) is 2.30. The van der Waals surface area contributed by atoms with Crippen molar-refractivity contribution >= 4 is 0 Å². The minimum Gasteiger partial charge on any atom is -0.396 e. The molecule has 18 heavy (non-hydrogen) atoms. The van der Waals surface area contributed by atoms with E-state index in [1.54, 1.807) is 0 Å². The van der Waals surface area contributed by atoms with Gasteiger partial charge >= 0.3 is 0 Å². The second-order valence-electron chi connectivity index (χ2n) is 5.55. The summed E-state index contributed by atoms with van der Waals surface area (Å²) < 4.78 is 26.4. The summed E-state index contributed by atoms with van der Waals surface area (Å²) in [4.78, 5) is 2.01. The van der Waals surface area contributed by atoms with Crippen LogP contribution < -0.4 is 0 Å². The summed E-state index contributed by atoms with van der Waals surface area (Å²) in [5.74, 6) is -0.782. The molecule has 0 saturated carbocycles. The summed E-state index contributed by atoms with van der Waals surface area (Å²) in [6.45, 7) is 5.37. The summed E-state index contributed by atoms with van der Waals surface area (Å²) >= 11 is 0. The maximum Gasteiger partial charge on any atom is 0.126 e. The molecule has 1 aromatic carbocycles. The molecule has 0 unspecified atom stereocenters. The van der Waals surface area contributed by atoms with Crippen molar-refractivity contribution in [2.24, 2.45) is 5.41 Å². The largest absolute Gasteiger partial charge is 0.396 e. The Morgan fingerprint density at radius 3 is 2.56 bits per heavy atom. The van der Waals surface area contributed by atoms with Gasteiger partial charge in [-0.3, -0.25) is 0 Å². The third kappa shape index (κ3) is 4.70. The van der Waals surface area contributed by atoms with E-state index in [0.29, 0.717) is 25.1 Å². The van der Waals surface area contributed by atoms with Gasteiger partial charge in [0.05, 0.1) is 0 Å². The molecule has 0 bridgehead atoms. The van der Waals surface area contributed by atoms with E-state index in [2.05, 4.69) is 0 Å². The predicted octanol–water partition coefficient (Wildman–Crippen LogP) is 2.46. The monoisotopic (exact) mass is 257 g/mol. The fourth-order valence-electron chi connectivity index (χ4n) is 1.91. The number of hydrogen-bond donors (Lipinski definition) is 1. The first-order valence-corrected chi connectivity index (χ1v) is 6.07. The van der Waals surface area contributed by atoms with E-state index in [0.717, 1.165) is 12.1 Å². The van der Waals surface area contributed by atoms with Crippen molar-refractivity contribution in [2.75, 3.05) is 26.7 Å². The van der Waals surface area contributed by atoms with Crippen LogP contribution in [-0.4, -0.2) is 36.8 Å². The number of hydrogen-bond acceptors (Lipinski definition) is 2. The van der Waals surface area contributed by atoms with Gasteiger partial charge in [0.25, 0.3) is 0 Å². The first-order chi connectivity index (χ1) is 8.34. The Labute approximate surface area is 107 Å². The second-order valence-corrected chi connectivity index (χ2v) is 5.55. The van der Waals surface area contributed by atoms with Crippen molar-refractivity contribution in [3.8, 4) is 0 Å². The maximum absolute atomic E-state index is 13.4. The summed E-state index contributed by atoms with van der Waals surface area (Å²) in [6, 6.07) is 3.51. The first-order valence-electron chi connectivity index (χ1n) is 6.07. The Morgan fingerprint density at radius 1 is 1.28 bits per heavy atom. The molecule has 0 fully saturated rings. The fourth-order valence-corrected chi connectivity index (χ4v) is 1.91. The van der Waals surface area contributed by atoms with Crippen molar-refractivity contribution in [1.29, 1.82) is 0 Å². The van der Waals surface area contributed by atoms with Gasteiger partial charge in [-0.2, -0.15) is 0 Å². The van der Waals surface area contributed by atoms with Crippen molar-refractivity contribution < 1.29 is 13.9 Å². The molecule has 0 heterocycles. The number of likely N-dealkylation sites (N-methyl/N-ethyl adjacent to an activating group) is 1. The second kappa shape index (κ2) is 6.25. The van der Waals surface area contributed by atoms with Gasteiger partial charge in [0.1, 0.15) is 11.6 Å². The van der Waals surface area contributed by atoms with E-state index in [1.807, 2.05) is 25.8 Å². The van der Waals surface area contributed by atoms with Crippen LogP contribution in [0.15, 0.2) is 18.2 Å². The number of benzene rings is 1. The topological polar surface area (TPSA) is 23.5 Å². The number of aliphatic hydroxyl groups is 1. The summed E-state index contributed by atoms with van der Waals surface area (Å²) in [6.07, 6.45) is 0.460. The number of halogens is 2. The lowest BCUT2D eigenvalue weighted by Crippen LogP contribution is -2.35. The molecule has 0 amide bonds. The van der Waals surface area contributed by atoms with Gasteiger partial charge in [-0.25, -0.2) is 8.78 Å². The normalized spacial score (nSPS) is 12.2. The van der Waals surface area contributed by atoms with Crippen LogP contribution in [0.3, 0.4) is 0 Å². The third-order valence-electron chi connectivity index (χ3n) is 2.90. The molecule has 0 saturated heterocycles. The van der Waals surface area contributed by atoms with Crippen LogP contribution in [0, 0.1) is 17.0 Å². The Hall–Kier alpha value is -1.00. The minimum atomic E-state index is -0.412. The van der Waals surface area contributed by atoms with Crippen LogP contribution in [0.1, 0.15) is 19.4 Å². The Kier molecular flexibility index (Phi) is 5.23. The molecule has 102 valence electrons. The lowest BCUT2D eigenvalue weighted by Gasteiger charge is -2.28. The standard InChI is InChI=1S/C14H21F2NO/c1-14(2,10-18)9-17(3)7-6-11-8-12(15)4-5-13(11)16/h4-5,8,18H,6-7,9-10H2,1-3H3. The van der Waals surface area contributed by atoms with E-state index >= 15 is 0 Å². The van der Waals surface area contributed by atoms with Gasteiger partial charge in [-0.05, 0) is 37.2 Å². The van der Waals surface area contributed by atoms with Crippen molar-refractivity contribution in [2.45, 2.75) is 20.3 Å². The third-order valence-corrected chi connectivity index (χ3v) is 2.90. The van der Waals surface area contributed by atoms with E-state index < -0.39 is 5.82 Å². The van der Waals surface area contributed by atoms with Gasteiger partial charge in [-0.1, -0.05) is 13.8 Å². The Balaban J connectivity index is 2.52. The van der Waals surface area contributed by atoms with Gasteiger partial charge in [-0.15, -0.1) is 0 Å². The highest BCUT2D eigenvalue weighted by molar-refractivity contribution is 5.18. The van der Waals surface area contributed by atoms with E-state index in [1.165, 1.54) is 6.07 Å². The maximum atomic E-state index is 13.4. The lowest BCUT2D eigenvalue weighted by molar-refractivity contribution is 0.116. The highest BCUT2D eigenvalue weighted by Gasteiger charge is 2.18. The van der Waals surface area contributed by atoms with Crippen LogP contribution in [0.25, 0.3) is 0 Å². The van der Waals surface area contributed by atoms with Crippen LogP contribution in [0.5, 0.6) is 0 Å². The number of aliphatic hydroxyl groups excluding tert-OH is 1. The quantitative estimate of drug-likeness (QED) is 0.846. The molecule has 0 aliphatic heterocycles. The minimum absolute atomic E-state index is 0.103. The lowest BCUT2D eigenvalue weighted by atomic mass is 9.94. The highest BCUT2D eigenvalue weighted by Crippen LogP contribution is 2.16. The number of rotatable bonds is 6. The molecule has 0 spiro atoms. The van der Waals surface area contributed by atoms with Crippen LogP contribution in [0.4, 0.5) is 8.78 Å². The molecule has 1 rings (SSSR count). The van der Waals surface area contributed by atoms with E-state index in [9.17, 15) is 13.9 Å². The molecular weight excluding hydrogens is 236 g/mol. The molecule has 0 aromatic heterocycles. The SMILES string of the molecule is CN(CCc1cc(F)ccc1F)CC(C)(C)CO. The van der Waals surface area contributed by atoms with Gasteiger partial charge < -0.3 is 10.0 Å². The molecule has 0 radical (unpaired) electrons. The number of nitrogens with zero attached hydrogens (tertiary/aromatic N) is 1. The smallest absolute Gasteiger partial charge is 0.126 e. The summed E-state index contributed by atoms with van der Waals surface area (Å²) in [7, 11) is 1.91. The zero-order chi connectivity index (χ0) is 13.8. The van der Waals surface area contributed by atoms with E-state index in [4.69, 9.17) is 0 Å². The van der Waals surface area contributed by atoms with Gasteiger partial charge in [0.15, 0.2) is 0 Å². The van der Waals surface area contributed by atoms with E-state index in [-0.39, 0.29) is 17.8 Å². The molecule has 4 heteroatoms. The zero-order valence-electron chi connectivity index (χ0n) is 11.2. The van der Waals surface area contributed by atoms with Crippen molar-refractivity contribution in [3.05, 3.63) is 35.4 Å². The average molecular weight is 257 g/mol. The molecule has 0 aliphatic carbocycles. The Bertz CT molecular complexity index is 393. The predicted molar refractivity (Wildman–Crippen MR) is 68.4 cm³/mol. The summed E-state index contributed by atoms with van der Waals surface area (Å²) in [5, 5.41) is 9.17. The molecule has 0 aliphatic rings. The summed E-state index contributed by atoms with van der Waals surface area (Å²) in [5.41, 5.74) is 0.207. The van der Waals surface area contributed by atoms with Crippen LogP contribution in [0.2, 0.25) is 0 Å². The molecule has 1 aromatic rings. The van der Waals surface area contributed by atoms with Crippen molar-refractivity contribution in [3.63, 3.8) is 0 Å². The molecule has 2 nitrogen and oxygen atoms in total. The van der Waals surface area contributed by atoms with Gasteiger partial charge in [0.2, 0.25) is 0 Å². The Morgan fingerprint density at radius 2 is 1.94 bits per heavy atom. The van der Waals surface area contributed by atoms with Crippen molar-refractivity contribution in [1.82, 2.24) is 4.90 Å². The molecule has 1 N–H and O–H groups in total. The van der Waals surface area contributed by atoms with Gasteiger partial charge in [0, 0.05) is 25.1 Å². The van der Waals surface area contributed by atoms with Crippen LogP contribution >= 0.6 is 0 Å². The first kappa shape index (κ1) is 15.1. The fraction of sp³-hybridized carbons (Fsp3) is 0.571. The molecular formula is C14H21F2NO.